The van der Waals surface area contributed by atoms with Crippen LogP contribution in [0.5, 0.6) is 0 Å². The summed E-state index contributed by atoms with van der Waals surface area (Å²) in [6.45, 7) is 3.35. The van der Waals surface area contributed by atoms with Crippen LogP contribution in [0.4, 0.5) is 5.69 Å². The van der Waals surface area contributed by atoms with E-state index >= 15 is 0 Å². The van der Waals surface area contributed by atoms with E-state index in [2.05, 4.69) is 70.8 Å². The molecule has 2 heterocycles. The minimum Gasteiger partial charge on any atom is -0.481 e. The molecule has 2 aromatic carbocycles. The molecule has 0 amide bonds. The highest BCUT2D eigenvalue weighted by Gasteiger charge is 2.25. The van der Waals surface area contributed by atoms with Crippen LogP contribution in [-0.4, -0.2) is 41.1 Å². The third-order valence-corrected chi connectivity index (χ3v) is 8.76. The third-order valence-electron chi connectivity index (χ3n) is 7.93. The number of thiazole rings is 1. The van der Waals surface area contributed by atoms with E-state index in [1.54, 1.807) is 11.3 Å². The molecule has 1 saturated heterocycles. The molecule has 0 spiro atoms. The van der Waals surface area contributed by atoms with Gasteiger partial charge in [-0.2, -0.15) is 0 Å². The molecule has 2 aliphatic rings. The minimum absolute atomic E-state index is 0.189. The Hall–Kier alpha value is -2.70. The molecule has 0 radical (unpaired) electrons. The van der Waals surface area contributed by atoms with Gasteiger partial charge >= 0.3 is 5.97 Å². The lowest BCUT2D eigenvalue weighted by Crippen LogP contribution is -2.35. The van der Waals surface area contributed by atoms with Gasteiger partial charge in [0.1, 0.15) is 5.01 Å². The summed E-state index contributed by atoms with van der Waals surface area (Å²) in [5, 5.41) is 12.4. The van der Waals surface area contributed by atoms with Gasteiger partial charge in [0.15, 0.2) is 0 Å². The zero-order chi connectivity index (χ0) is 24.9. The second-order valence-electron chi connectivity index (χ2n) is 10.5. The van der Waals surface area contributed by atoms with Gasteiger partial charge in [-0.3, -0.25) is 9.69 Å². The highest BCUT2D eigenvalue weighted by Crippen LogP contribution is 2.33. The SMILES string of the molecule is CN(Cc1ccc(C2CCCCC2)cc1)c1ccc(-c2csc(CN3CCC(C(=O)O)CC3)n2)cc1. The largest absolute Gasteiger partial charge is 0.481 e. The Kier molecular flexibility index (Phi) is 8.02. The van der Waals surface area contributed by atoms with Crippen LogP contribution < -0.4 is 4.90 Å². The summed E-state index contributed by atoms with van der Waals surface area (Å²) in [7, 11) is 2.15. The molecule has 190 valence electrons. The Morgan fingerprint density at radius 2 is 1.69 bits per heavy atom. The van der Waals surface area contributed by atoms with E-state index in [1.165, 1.54) is 48.9 Å². The lowest BCUT2D eigenvalue weighted by molar-refractivity contribution is -0.143. The van der Waals surface area contributed by atoms with Crippen molar-refractivity contribution < 1.29 is 9.90 Å². The molecule has 1 aliphatic heterocycles. The van der Waals surface area contributed by atoms with Crippen molar-refractivity contribution in [3.05, 3.63) is 70.0 Å². The van der Waals surface area contributed by atoms with Crippen molar-refractivity contribution in [2.24, 2.45) is 5.92 Å². The van der Waals surface area contributed by atoms with Crippen LogP contribution in [0.2, 0.25) is 0 Å². The van der Waals surface area contributed by atoms with E-state index < -0.39 is 5.97 Å². The molecule has 1 aliphatic carbocycles. The molecule has 3 aromatic rings. The number of rotatable bonds is 8. The van der Waals surface area contributed by atoms with Gasteiger partial charge in [0.05, 0.1) is 18.2 Å². The highest BCUT2D eigenvalue weighted by atomic mass is 32.1. The molecule has 36 heavy (non-hydrogen) atoms. The first-order chi connectivity index (χ1) is 17.5. The van der Waals surface area contributed by atoms with E-state index in [0.717, 1.165) is 61.2 Å². The molecular formula is C30H37N3O2S. The summed E-state index contributed by atoms with van der Waals surface area (Å²) < 4.78 is 0. The van der Waals surface area contributed by atoms with Crippen molar-refractivity contribution in [3.63, 3.8) is 0 Å². The number of aromatic nitrogens is 1. The van der Waals surface area contributed by atoms with E-state index in [4.69, 9.17) is 4.98 Å². The maximum Gasteiger partial charge on any atom is 0.306 e. The van der Waals surface area contributed by atoms with Crippen LogP contribution in [0.25, 0.3) is 11.3 Å². The molecule has 1 saturated carbocycles. The second-order valence-corrected chi connectivity index (χ2v) is 11.4. The fourth-order valence-electron chi connectivity index (χ4n) is 5.63. The Morgan fingerprint density at radius 3 is 2.36 bits per heavy atom. The number of nitrogens with zero attached hydrogens (tertiary/aromatic N) is 3. The number of anilines is 1. The predicted octanol–water partition coefficient (Wildman–Crippen LogP) is 6.79. The van der Waals surface area contributed by atoms with Gasteiger partial charge < -0.3 is 10.0 Å². The van der Waals surface area contributed by atoms with E-state index in [-0.39, 0.29) is 5.92 Å². The second kappa shape index (κ2) is 11.6. The van der Waals surface area contributed by atoms with Crippen molar-refractivity contribution in [2.45, 2.75) is 64.0 Å². The monoisotopic (exact) mass is 503 g/mol. The van der Waals surface area contributed by atoms with Gasteiger partial charge in [-0.15, -0.1) is 11.3 Å². The molecule has 0 atom stereocenters. The van der Waals surface area contributed by atoms with Crippen LogP contribution in [0.3, 0.4) is 0 Å². The van der Waals surface area contributed by atoms with Gasteiger partial charge in [0.2, 0.25) is 0 Å². The Balaban J connectivity index is 1.15. The normalized spacial score (nSPS) is 17.8. The van der Waals surface area contributed by atoms with Crippen molar-refractivity contribution in [1.29, 1.82) is 0 Å². The predicted molar refractivity (Wildman–Crippen MR) is 148 cm³/mol. The summed E-state index contributed by atoms with van der Waals surface area (Å²) >= 11 is 1.69. The number of hydrogen-bond acceptors (Lipinski definition) is 5. The van der Waals surface area contributed by atoms with Gasteiger partial charge in [-0.05, 0) is 68.0 Å². The number of carboxylic acid groups (broad SMARTS) is 1. The standard InChI is InChI=1S/C30H37N3O2S/c1-32(19-22-7-9-24(10-8-22)23-5-3-2-4-6-23)27-13-11-25(12-14-27)28-21-36-29(31-28)20-33-17-15-26(16-18-33)30(34)35/h7-14,21,23,26H,2-6,15-20H2,1H3,(H,34,35). The van der Waals surface area contributed by atoms with Crippen molar-refractivity contribution in [1.82, 2.24) is 9.88 Å². The number of carbonyl (C=O) groups is 1. The van der Waals surface area contributed by atoms with Crippen LogP contribution in [0.15, 0.2) is 53.9 Å². The number of piperidine rings is 1. The molecule has 2 fully saturated rings. The lowest BCUT2D eigenvalue weighted by atomic mass is 9.84. The van der Waals surface area contributed by atoms with Crippen molar-refractivity contribution in [2.75, 3.05) is 25.0 Å². The van der Waals surface area contributed by atoms with Crippen molar-refractivity contribution in [3.8, 4) is 11.3 Å². The Morgan fingerprint density at radius 1 is 1.00 bits per heavy atom. The third kappa shape index (κ3) is 6.16. The van der Waals surface area contributed by atoms with Gasteiger partial charge in [-0.1, -0.05) is 55.7 Å². The molecule has 1 N–H and O–H groups in total. The first-order valence-electron chi connectivity index (χ1n) is 13.3. The molecule has 1 aromatic heterocycles. The summed E-state index contributed by atoms with van der Waals surface area (Å²) in [6.07, 6.45) is 8.30. The quantitative estimate of drug-likeness (QED) is 0.367. The number of carboxylic acids is 1. The summed E-state index contributed by atoms with van der Waals surface area (Å²) in [5.74, 6) is -0.0908. The van der Waals surface area contributed by atoms with Crippen LogP contribution >= 0.6 is 11.3 Å². The topological polar surface area (TPSA) is 56.7 Å². The van der Waals surface area contributed by atoms with Crippen LogP contribution in [0, 0.1) is 5.92 Å². The Labute approximate surface area is 218 Å². The van der Waals surface area contributed by atoms with Gasteiger partial charge in [0.25, 0.3) is 0 Å². The summed E-state index contributed by atoms with van der Waals surface area (Å²) in [6, 6.07) is 18.0. The fourth-order valence-corrected chi connectivity index (χ4v) is 6.47. The van der Waals surface area contributed by atoms with E-state index in [1.807, 2.05) is 0 Å². The average Bonchev–Trinajstić information content (AvgIpc) is 3.38. The fraction of sp³-hybridized carbons (Fsp3) is 0.467. The lowest BCUT2D eigenvalue weighted by Gasteiger charge is -2.29. The highest BCUT2D eigenvalue weighted by molar-refractivity contribution is 7.09. The van der Waals surface area contributed by atoms with Crippen LogP contribution in [0.1, 0.15) is 67.0 Å². The first-order valence-corrected chi connectivity index (χ1v) is 14.2. The molecule has 5 rings (SSSR count). The number of hydrogen-bond donors (Lipinski definition) is 1. The minimum atomic E-state index is -0.659. The van der Waals surface area contributed by atoms with E-state index in [0.29, 0.717) is 0 Å². The number of aliphatic carboxylic acids is 1. The summed E-state index contributed by atoms with van der Waals surface area (Å²) in [5.41, 5.74) is 6.21. The average molecular weight is 504 g/mol. The first kappa shape index (κ1) is 25.0. The van der Waals surface area contributed by atoms with E-state index in [9.17, 15) is 9.90 Å². The molecule has 0 unspecified atom stereocenters. The number of benzene rings is 2. The molecule has 6 heteroatoms. The van der Waals surface area contributed by atoms with Gasteiger partial charge in [0, 0.05) is 30.2 Å². The maximum atomic E-state index is 11.2. The maximum absolute atomic E-state index is 11.2. The molecular weight excluding hydrogens is 466 g/mol. The number of likely N-dealkylation sites (tertiary alicyclic amines) is 1. The zero-order valence-electron chi connectivity index (χ0n) is 21.2. The van der Waals surface area contributed by atoms with Crippen LogP contribution in [-0.2, 0) is 17.9 Å². The summed E-state index contributed by atoms with van der Waals surface area (Å²) in [4.78, 5) is 20.7. The molecule has 0 bridgehead atoms. The van der Waals surface area contributed by atoms with Crippen molar-refractivity contribution >= 4 is 23.0 Å². The van der Waals surface area contributed by atoms with Gasteiger partial charge in [-0.25, -0.2) is 4.98 Å². The Bertz CT molecular complexity index is 1130. The zero-order valence-corrected chi connectivity index (χ0v) is 22.1. The smallest absolute Gasteiger partial charge is 0.306 e. The molecule has 5 nitrogen and oxygen atoms in total.